The molecule has 0 N–H and O–H groups in total. The Kier molecular flexibility index (Phi) is 15.7. The van der Waals surface area contributed by atoms with Gasteiger partial charge < -0.3 is 4.90 Å². The van der Waals surface area contributed by atoms with Crippen molar-refractivity contribution in [3.63, 3.8) is 0 Å². The fourth-order valence-corrected chi connectivity index (χ4v) is 11.8. The Morgan fingerprint density at radius 3 is 1.58 bits per heavy atom. The summed E-state index contributed by atoms with van der Waals surface area (Å²) in [6, 6.07) is 59.9. The fraction of sp³-hybridized carbons (Fsp3) is 0.239. The van der Waals surface area contributed by atoms with Crippen LogP contribution in [0.5, 0.6) is 0 Å². The smallest absolute Gasteiger partial charge is 0.0711 e. The molecule has 0 fully saturated rings. The zero-order valence-corrected chi connectivity index (χ0v) is 45.0. The SMILES string of the molecule is C=C1/C(=C\CC)c2ccc(N(c3ccc4c5ccccc5c5ccccc5c4c3)c3cc4c(cc3C3=CC=CCC3)C(=C/CC)/C(=C\C)C4(c3ccccc3)c3ccccc3)cc2C1(C)C.CC.CC.CC. The van der Waals surface area contributed by atoms with Crippen LogP contribution in [0.1, 0.15) is 141 Å². The minimum Gasteiger partial charge on any atom is -0.310 e. The number of allylic oxidation sites excluding steroid dienone is 11. The van der Waals surface area contributed by atoms with E-state index in [9.17, 15) is 0 Å². The lowest BCUT2D eigenvalue weighted by Gasteiger charge is -2.36. The Balaban J connectivity index is 0.00000112. The molecular formula is C71H75N. The average molecular weight is 942 g/mol. The molecule has 8 aromatic rings. The molecule has 0 saturated carbocycles. The first kappa shape index (κ1) is 51.1. The molecule has 0 aromatic heterocycles. The van der Waals surface area contributed by atoms with Crippen molar-refractivity contribution >= 4 is 66.1 Å². The van der Waals surface area contributed by atoms with Crippen LogP contribution in [0, 0.1) is 0 Å². The van der Waals surface area contributed by atoms with Crippen LogP contribution in [0.4, 0.5) is 17.1 Å². The van der Waals surface area contributed by atoms with Gasteiger partial charge in [0.05, 0.1) is 11.1 Å². The van der Waals surface area contributed by atoms with Gasteiger partial charge in [0.2, 0.25) is 0 Å². The van der Waals surface area contributed by atoms with Crippen LogP contribution in [0.15, 0.2) is 212 Å². The molecule has 0 bridgehead atoms. The molecule has 1 heteroatoms. The molecule has 8 aromatic carbocycles. The summed E-state index contributed by atoms with van der Waals surface area (Å²) in [6.07, 6.45) is 18.0. The third-order valence-electron chi connectivity index (χ3n) is 14.9. The molecule has 0 atom stereocenters. The summed E-state index contributed by atoms with van der Waals surface area (Å²) in [5.41, 5.74) is 18.2. The third-order valence-corrected chi connectivity index (χ3v) is 14.9. The van der Waals surface area contributed by atoms with Gasteiger partial charge in [0, 0.05) is 22.4 Å². The van der Waals surface area contributed by atoms with Gasteiger partial charge in [-0.3, -0.25) is 0 Å². The van der Waals surface area contributed by atoms with Crippen molar-refractivity contribution in [3.05, 3.63) is 251 Å². The minimum absolute atomic E-state index is 0.232. The summed E-state index contributed by atoms with van der Waals surface area (Å²) in [4.78, 5) is 2.59. The van der Waals surface area contributed by atoms with Crippen LogP contribution < -0.4 is 4.90 Å². The largest absolute Gasteiger partial charge is 0.310 e. The van der Waals surface area contributed by atoms with Gasteiger partial charge in [-0.2, -0.15) is 0 Å². The van der Waals surface area contributed by atoms with Gasteiger partial charge in [-0.25, -0.2) is 0 Å². The maximum atomic E-state index is 4.72. The Bertz CT molecular complexity index is 3350. The highest BCUT2D eigenvalue weighted by molar-refractivity contribution is 6.26. The summed E-state index contributed by atoms with van der Waals surface area (Å²) < 4.78 is 0. The van der Waals surface area contributed by atoms with E-state index in [1.165, 1.54) is 105 Å². The molecule has 3 aliphatic carbocycles. The first-order valence-corrected chi connectivity index (χ1v) is 27.0. The van der Waals surface area contributed by atoms with Gasteiger partial charge in [-0.1, -0.05) is 234 Å². The van der Waals surface area contributed by atoms with E-state index >= 15 is 0 Å². The first-order valence-electron chi connectivity index (χ1n) is 27.0. The molecule has 0 aliphatic heterocycles. The van der Waals surface area contributed by atoms with Crippen molar-refractivity contribution in [3.8, 4) is 0 Å². The standard InChI is InChI=1S/C65H57N.3C2H6/c1-7-23-49-43(4)64(5,6)61-40-48(36-38-56(49)61)66(47-35-37-54-52-33-20-19-31-50(52)51-32-21-22-34-53(51)58(54)39-47)63-42-62-59(41-57(63)44-25-13-10-14-26-44)55(24-8-2)60(9-3)65(62,45-27-15-11-16-28-45)46-29-17-12-18-30-46;3*1-2/h9-13,15-25,27-42H,4,7-8,14,26H2,1-3,5-6H3;3*1-2H3/b49-23+,55-24-,60-9+;;;. The highest BCUT2D eigenvalue weighted by Gasteiger charge is 2.49. The second kappa shape index (κ2) is 22.0. The van der Waals surface area contributed by atoms with Gasteiger partial charge >= 0.3 is 0 Å². The lowest BCUT2D eigenvalue weighted by atomic mass is 9.67. The quantitative estimate of drug-likeness (QED) is 0.137. The van der Waals surface area contributed by atoms with Gasteiger partial charge in [-0.05, 0) is 163 Å². The van der Waals surface area contributed by atoms with E-state index in [4.69, 9.17) is 6.58 Å². The second-order valence-electron chi connectivity index (χ2n) is 18.8. The Labute approximate surface area is 432 Å². The molecule has 0 spiro atoms. The van der Waals surface area contributed by atoms with Gasteiger partial charge in [-0.15, -0.1) is 0 Å². The van der Waals surface area contributed by atoms with Crippen molar-refractivity contribution in [1.29, 1.82) is 0 Å². The Morgan fingerprint density at radius 1 is 0.528 bits per heavy atom. The molecule has 11 rings (SSSR count). The molecule has 0 amide bonds. The predicted molar refractivity (Wildman–Crippen MR) is 319 cm³/mol. The van der Waals surface area contributed by atoms with E-state index in [0.29, 0.717) is 0 Å². The van der Waals surface area contributed by atoms with Crippen LogP contribution in [0.2, 0.25) is 0 Å². The highest BCUT2D eigenvalue weighted by Crippen LogP contribution is 2.60. The van der Waals surface area contributed by atoms with Crippen molar-refractivity contribution in [2.45, 2.75) is 113 Å². The third kappa shape index (κ3) is 8.41. The lowest BCUT2D eigenvalue weighted by Crippen LogP contribution is -2.29. The number of benzene rings is 8. The topological polar surface area (TPSA) is 3.24 Å². The Morgan fingerprint density at radius 2 is 1.04 bits per heavy atom. The maximum Gasteiger partial charge on any atom is 0.0711 e. The van der Waals surface area contributed by atoms with E-state index < -0.39 is 5.41 Å². The molecule has 0 saturated heterocycles. The molecule has 0 heterocycles. The van der Waals surface area contributed by atoms with Crippen LogP contribution in [-0.2, 0) is 10.8 Å². The average Bonchev–Trinajstić information content (AvgIpc) is 3.83. The zero-order chi connectivity index (χ0) is 51.2. The summed E-state index contributed by atoms with van der Waals surface area (Å²) in [7, 11) is 0. The molecule has 0 radical (unpaired) electrons. The fourth-order valence-electron chi connectivity index (χ4n) is 11.8. The lowest BCUT2D eigenvalue weighted by molar-refractivity contribution is 0.663. The van der Waals surface area contributed by atoms with Crippen molar-refractivity contribution in [2.24, 2.45) is 0 Å². The van der Waals surface area contributed by atoms with Crippen molar-refractivity contribution in [1.82, 2.24) is 0 Å². The molecule has 364 valence electrons. The van der Waals surface area contributed by atoms with Crippen LogP contribution in [0.3, 0.4) is 0 Å². The van der Waals surface area contributed by atoms with Gasteiger partial charge in [0.15, 0.2) is 0 Å². The monoisotopic (exact) mass is 942 g/mol. The number of fused-ring (bicyclic) bond motifs is 8. The van der Waals surface area contributed by atoms with Crippen molar-refractivity contribution < 1.29 is 0 Å². The number of rotatable bonds is 8. The number of hydrogen-bond acceptors (Lipinski definition) is 1. The van der Waals surface area contributed by atoms with E-state index in [1.807, 2.05) is 41.5 Å². The number of anilines is 3. The van der Waals surface area contributed by atoms with E-state index in [0.717, 1.165) is 37.1 Å². The van der Waals surface area contributed by atoms with E-state index in [1.54, 1.807) is 0 Å². The van der Waals surface area contributed by atoms with Crippen LogP contribution in [0.25, 0.3) is 49.0 Å². The van der Waals surface area contributed by atoms with Crippen LogP contribution >= 0.6 is 0 Å². The van der Waals surface area contributed by atoms with Crippen molar-refractivity contribution in [2.75, 3.05) is 4.90 Å². The van der Waals surface area contributed by atoms with E-state index in [-0.39, 0.29) is 5.41 Å². The highest BCUT2D eigenvalue weighted by atomic mass is 15.1. The van der Waals surface area contributed by atoms with Gasteiger partial charge in [0.1, 0.15) is 0 Å². The summed E-state index contributed by atoms with van der Waals surface area (Å²) >= 11 is 0. The molecule has 72 heavy (non-hydrogen) atoms. The Hall–Kier alpha value is -7.22. The molecule has 3 aliphatic rings. The second-order valence-corrected chi connectivity index (χ2v) is 18.8. The van der Waals surface area contributed by atoms with E-state index in [2.05, 4.69) is 234 Å². The predicted octanol–water partition coefficient (Wildman–Crippen LogP) is 21.2. The maximum absolute atomic E-state index is 4.72. The molecule has 1 nitrogen and oxygen atoms in total. The number of nitrogens with zero attached hydrogens (tertiary/aromatic N) is 1. The van der Waals surface area contributed by atoms with Crippen LogP contribution in [-0.4, -0.2) is 0 Å². The summed E-state index contributed by atoms with van der Waals surface area (Å²) in [5, 5.41) is 7.63. The summed E-state index contributed by atoms with van der Waals surface area (Å²) in [6.45, 7) is 28.1. The molecular weight excluding hydrogens is 867 g/mol. The zero-order valence-electron chi connectivity index (χ0n) is 45.0. The normalized spacial score (nSPS) is 16.6. The first-order chi connectivity index (χ1) is 35.3. The van der Waals surface area contributed by atoms with Gasteiger partial charge in [0.25, 0.3) is 0 Å². The number of hydrogen-bond donors (Lipinski definition) is 0. The summed E-state index contributed by atoms with van der Waals surface area (Å²) in [5.74, 6) is 0. The minimum atomic E-state index is -0.552. The molecule has 0 unspecified atom stereocenters.